The van der Waals surface area contributed by atoms with Crippen LogP contribution in [0.2, 0.25) is 0 Å². The van der Waals surface area contributed by atoms with Crippen LogP contribution in [0.3, 0.4) is 0 Å². The lowest BCUT2D eigenvalue weighted by molar-refractivity contribution is -0.168. The van der Waals surface area contributed by atoms with Crippen LogP contribution < -0.4 is 0 Å². The van der Waals surface area contributed by atoms with Gasteiger partial charge in [0.1, 0.15) is 6.23 Å². The Morgan fingerprint density at radius 3 is 1.78 bits per heavy atom. The monoisotopic (exact) mass is 393 g/mol. The molecule has 0 bridgehead atoms. The van der Waals surface area contributed by atoms with Crippen LogP contribution in [0.4, 0.5) is 0 Å². The summed E-state index contributed by atoms with van der Waals surface area (Å²) in [6.07, 6.45) is 0.808. The van der Waals surface area contributed by atoms with E-state index in [9.17, 15) is 19.5 Å². The molecular weight excluding hydrogens is 350 g/mol. The fraction of sp³-hybridized carbons (Fsp3) is 0.850. The number of aldehydes is 1. The molecule has 2 atom stereocenters. The smallest absolute Gasteiger partial charge is 0.339 e. The summed E-state index contributed by atoms with van der Waals surface area (Å²) in [5.74, 6) is -1.30. The first-order valence-corrected chi connectivity index (χ1v) is 9.93. The lowest BCUT2D eigenvalue weighted by Crippen LogP contribution is -2.57. The van der Waals surface area contributed by atoms with Gasteiger partial charge in [0, 0.05) is 20.6 Å². The van der Waals surface area contributed by atoms with Crippen molar-refractivity contribution in [3.05, 3.63) is 0 Å². The molecule has 0 aromatic carbocycles. The Labute approximate surface area is 166 Å². The third kappa shape index (κ3) is 12.5. The summed E-state index contributed by atoms with van der Waals surface area (Å²) in [4.78, 5) is 35.0. The van der Waals surface area contributed by atoms with Gasteiger partial charge < -0.3 is 19.4 Å². The van der Waals surface area contributed by atoms with Crippen LogP contribution in [0.15, 0.2) is 0 Å². The van der Waals surface area contributed by atoms with Gasteiger partial charge in [-0.15, -0.1) is 0 Å². The molecule has 2 unspecified atom stereocenters. The molecule has 1 amide bonds. The maximum absolute atomic E-state index is 11.7. The molecule has 1 aliphatic rings. The largest absolute Gasteiger partial charge is 0.464 e. The van der Waals surface area contributed by atoms with Crippen LogP contribution in [-0.4, -0.2) is 60.3 Å². The number of rotatable bonds is 4. The molecule has 0 spiro atoms. The zero-order valence-electron chi connectivity index (χ0n) is 19.1. The molecule has 7 heteroatoms. The number of ether oxygens (including phenoxy) is 2. The SMILES string of the molecule is CC.CC.CCC.CCOC.CCOC(=O)C1(C=O)CCC(O)N1C(C)=O. The highest BCUT2D eigenvalue weighted by Crippen LogP contribution is 2.32. The molecule has 1 aliphatic heterocycles. The molecule has 0 aliphatic carbocycles. The van der Waals surface area contributed by atoms with Crippen molar-refractivity contribution < 1.29 is 29.0 Å². The fourth-order valence-electron chi connectivity index (χ4n) is 1.98. The topological polar surface area (TPSA) is 93.1 Å². The molecule has 1 saturated heterocycles. The minimum atomic E-state index is -1.65. The van der Waals surface area contributed by atoms with E-state index in [1.807, 2.05) is 34.6 Å². The Balaban J connectivity index is -0.000000201. The molecule has 1 heterocycles. The van der Waals surface area contributed by atoms with Gasteiger partial charge in [0.25, 0.3) is 0 Å². The van der Waals surface area contributed by atoms with Crippen LogP contribution in [0.1, 0.15) is 81.6 Å². The number of hydrogen-bond acceptors (Lipinski definition) is 6. The van der Waals surface area contributed by atoms with Crippen molar-refractivity contribution in [1.82, 2.24) is 4.90 Å². The zero-order chi connectivity index (χ0) is 22.5. The van der Waals surface area contributed by atoms with E-state index in [0.717, 1.165) is 11.5 Å². The molecule has 0 radical (unpaired) electrons. The van der Waals surface area contributed by atoms with E-state index < -0.39 is 23.6 Å². The molecule has 0 aromatic heterocycles. The van der Waals surface area contributed by atoms with Gasteiger partial charge in [-0.05, 0) is 26.7 Å². The Morgan fingerprint density at radius 1 is 1.11 bits per heavy atom. The first-order chi connectivity index (χ1) is 12.8. The van der Waals surface area contributed by atoms with E-state index >= 15 is 0 Å². The van der Waals surface area contributed by atoms with Crippen molar-refractivity contribution in [3.8, 4) is 0 Å². The maximum atomic E-state index is 11.7. The standard InChI is InChI=1S/C10H15NO5.C3H8O.C3H8.2C2H6/c1-3-16-9(15)10(6-12)5-4-8(14)11(10)7(2)13;1-3-4-2;1-3-2;2*1-2/h6,8,14H,3-5H2,1-2H3;3H2,1-2H3;3H2,1-2H3;2*1-2H3. The Kier molecular flexibility index (Phi) is 27.7. The molecular formula is C20H43NO6. The minimum absolute atomic E-state index is 0.0933. The molecule has 0 saturated carbocycles. The Hall–Kier alpha value is -1.47. The summed E-state index contributed by atoms with van der Waals surface area (Å²) in [6.45, 7) is 18.0. The number of methoxy groups -OCH3 is 1. The number of likely N-dealkylation sites (tertiary alicyclic amines) is 1. The van der Waals surface area contributed by atoms with Crippen molar-refractivity contribution in [1.29, 1.82) is 0 Å². The molecule has 7 nitrogen and oxygen atoms in total. The van der Waals surface area contributed by atoms with Crippen LogP contribution in [0.25, 0.3) is 0 Å². The number of carbonyl (C=O) groups excluding carboxylic acids is 3. The van der Waals surface area contributed by atoms with E-state index in [-0.39, 0.29) is 19.4 Å². The van der Waals surface area contributed by atoms with Crippen molar-refractivity contribution >= 4 is 18.2 Å². The average Bonchev–Trinajstić information content (AvgIpc) is 3.04. The summed E-state index contributed by atoms with van der Waals surface area (Å²) >= 11 is 0. The normalized spacial score (nSPS) is 19.4. The number of carbonyl (C=O) groups is 3. The van der Waals surface area contributed by atoms with E-state index in [4.69, 9.17) is 4.74 Å². The van der Waals surface area contributed by atoms with Crippen molar-refractivity contribution in [2.45, 2.75) is 93.3 Å². The highest BCUT2D eigenvalue weighted by Gasteiger charge is 2.54. The summed E-state index contributed by atoms with van der Waals surface area (Å²) in [5, 5.41) is 9.58. The summed E-state index contributed by atoms with van der Waals surface area (Å²) in [6, 6.07) is 0. The van der Waals surface area contributed by atoms with Crippen molar-refractivity contribution in [2.75, 3.05) is 20.3 Å². The predicted octanol–water partition coefficient (Wildman–Crippen LogP) is 3.57. The molecule has 1 N–H and O–H groups in total. The van der Waals surface area contributed by atoms with Gasteiger partial charge in [-0.1, -0.05) is 48.0 Å². The van der Waals surface area contributed by atoms with Crippen molar-refractivity contribution in [2.24, 2.45) is 0 Å². The van der Waals surface area contributed by atoms with Crippen LogP contribution in [0.5, 0.6) is 0 Å². The average molecular weight is 394 g/mol. The van der Waals surface area contributed by atoms with Gasteiger partial charge >= 0.3 is 5.97 Å². The van der Waals surface area contributed by atoms with Crippen molar-refractivity contribution in [3.63, 3.8) is 0 Å². The quantitative estimate of drug-likeness (QED) is 0.446. The second-order valence-electron chi connectivity index (χ2n) is 4.96. The molecule has 164 valence electrons. The van der Waals surface area contributed by atoms with Gasteiger partial charge in [0.15, 0.2) is 11.8 Å². The molecule has 0 aromatic rings. The van der Waals surface area contributed by atoms with Gasteiger partial charge in [-0.2, -0.15) is 0 Å². The first-order valence-electron chi connectivity index (χ1n) is 9.93. The minimum Gasteiger partial charge on any atom is -0.464 e. The zero-order valence-corrected chi connectivity index (χ0v) is 19.1. The molecule has 1 rings (SSSR count). The first kappa shape index (κ1) is 33.1. The number of aliphatic hydroxyl groups is 1. The summed E-state index contributed by atoms with van der Waals surface area (Å²) in [7, 11) is 1.68. The highest BCUT2D eigenvalue weighted by molar-refractivity contribution is 6.02. The van der Waals surface area contributed by atoms with Crippen LogP contribution >= 0.6 is 0 Å². The molecule has 1 fully saturated rings. The highest BCUT2D eigenvalue weighted by atomic mass is 16.5. The predicted molar refractivity (Wildman–Crippen MR) is 109 cm³/mol. The number of amides is 1. The van der Waals surface area contributed by atoms with Gasteiger partial charge in [0.2, 0.25) is 5.91 Å². The second kappa shape index (κ2) is 22.6. The number of nitrogens with zero attached hydrogens (tertiary/aromatic N) is 1. The lowest BCUT2D eigenvalue weighted by Gasteiger charge is -2.32. The van der Waals surface area contributed by atoms with Gasteiger partial charge in [0.05, 0.1) is 6.61 Å². The van der Waals surface area contributed by atoms with Crippen LogP contribution in [0, 0.1) is 0 Å². The lowest BCUT2D eigenvalue weighted by atomic mass is 9.98. The second-order valence-corrected chi connectivity index (χ2v) is 4.96. The van der Waals surface area contributed by atoms with E-state index in [1.54, 1.807) is 14.0 Å². The van der Waals surface area contributed by atoms with Gasteiger partial charge in [-0.3, -0.25) is 9.69 Å². The Bertz CT molecular complexity index is 360. The fourth-order valence-corrected chi connectivity index (χ4v) is 1.98. The third-order valence-corrected chi connectivity index (χ3v) is 2.96. The van der Waals surface area contributed by atoms with Crippen LogP contribution in [-0.2, 0) is 23.9 Å². The number of esters is 1. The number of aliphatic hydroxyl groups excluding tert-OH is 1. The Morgan fingerprint density at radius 2 is 1.52 bits per heavy atom. The van der Waals surface area contributed by atoms with E-state index in [1.165, 1.54) is 13.3 Å². The number of hydrogen-bond donors (Lipinski definition) is 1. The molecule has 27 heavy (non-hydrogen) atoms. The summed E-state index contributed by atoms with van der Waals surface area (Å²) < 4.78 is 9.32. The maximum Gasteiger partial charge on any atom is 0.339 e. The third-order valence-electron chi connectivity index (χ3n) is 2.96. The van der Waals surface area contributed by atoms with E-state index in [2.05, 4.69) is 18.6 Å². The summed E-state index contributed by atoms with van der Waals surface area (Å²) in [5.41, 5.74) is -1.65. The van der Waals surface area contributed by atoms with E-state index in [0.29, 0.717) is 6.29 Å². The van der Waals surface area contributed by atoms with Gasteiger partial charge in [-0.25, -0.2) is 4.79 Å².